The van der Waals surface area contributed by atoms with Crippen LogP contribution in [0.2, 0.25) is 0 Å². The van der Waals surface area contributed by atoms with E-state index in [1.807, 2.05) is 12.1 Å². The van der Waals surface area contributed by atoms with Gasteiger partial charge in [-0.3, -0.25) is 4.79 Å². The number of carbonyl (C=O) groups excluding carboxylic acids is 1. The maximum Gasteiger partial charge on any atom is 0.255 e. The largest absolute Gasteiger partial charge is 0.461 e. The molecule has 4 aromatic heterocycles. The number of amides is 1. The van der Waals surface area contributed by atoms with Crippen LogP contribution in [-0.2, 0) is 13.0 Å². The molecule has 0 unspecified atom stereocenters. The number of aryl methyl sites for hydroxylation is 2. The summed E-state index contributed by atoms with van der Waals surface area (Å²) in [5, 5.41) is 12.3. The van der Waals surface area contributed by atoms with Crippen LogP contribution in [0.1, 0.15) is 22.3 Å². The first-order valence-electron chi connectivity index (χ1n) is 11.8. The predicted octanol–water partition coefficient (Wildman–Crippen LogP) is 3.92. The quantitative estimate of drug-likeness (QED) is 0.272. The minimum atomic E-state index is -0.460. The summed E-state index contributed by atoms with van der Waals surface area (Å²) >= 11 is 0. The van der Waals surface area contributed by atoms with Crippen LogP contribution in [0, 0.1) is 5.82 Å². The highest BCUT2D eigenvalue weighted by molar-refractivity contribution is 6.05. The first kappa shape index (κ1) is 23.2. The lowest BCUT2D eigenvalue weighted by molar-refractivity contribution is 0.102. The number of carbonyl (C=O) groups is 1. The fourth-order valence-corrected chi connectivity index (χ4v) is 4.23. The average Bonchev–Trinajstić information content (AvgIpc) is 3.66. The third-order valence-corrected chi connectivity index (χ3v) is 6.15. The molecule has 0 spiro atoms. The number of benzene rings is 2. The van der Waals surface area contributed by atoms with Crippen LogP contribution in [0.4, 0.5) is 21.7 Å². The summed E-state index contributed by atoms with van der Waals surface area (Å²) in [4.78, 5) is 21.6. The van der Waals surface area contributed by atoms with Crippen molar-refractivity contribution in [2.45, 2.75) is 19.4 Å². The minimum absolute atomic E-state index is 0.167. The lowest BCUT2D eigenvalue weighted by Gasteiger charge is -2.09. The zero-order chi connectivity index (χ0) is 26.2. The van der Waals surface area contributed by atoms with Crippen LogP contribution >= 0.6 is 0 Å². The monoisotopic (exact) mass is 511 g/mol. The van der Waals surface area contributed by atoms with Crippen LogP contribution in [0.5, 0.6) is 0 Å². The molecule has 0 radical (unpaired) electrons. The van der Waals surface area contributed by atoms with Gasteiger partial charge in [-0.1, -0.05) is 12.1 Å². The number of furan rings is 1. The van der Waals surface area contributed by atoms with E-state index in [0.717, 1.165) is 29.9 Å². The number of hydrogen-bond acceptors (Lipinski definition) is 8. The number of nitrogens with one attached hydrogen (secondary N) is 1. The molecule has 0 aliphatic heterocycles. The Labute approximate surface area is 214 Å². The standard InChI is InChI=1S/C26H22FN9O2/c27-17-9-10-20(19(28)13-17)31-25(37)16-7-5-15(6-8-16)3-1-11-35-23-18(14-30-35)24-32-22(21-4-2-12-38-21)34-36(24)26(29)33-23/h2,4-10,12-14H,1,3,11,28H2,(H2,29,33)(H,31,37). The van der Waals surface area contributed by atoms with Crippen molar-refractivity contribution in [3.8, 4) is 11.6 Å². The number of nitrogen functional groups attached to an aromatic ring is 2. The number of aromatic nitrogens is 6. The molecule has 0 aliphatic rings. The van der Waals surface area contributed by atoms with Gasteiger partial charge in [0, 0.05) is 12.1 Å². The molecule has 6 aromatic rings. The van der Waals surface area contributed by atoms with E-state index in [1.165, 1.54) is 16.6 Å². The molecule has 4 heterocycles. The Kier molecular flexibility index (Phi) is 5.68. The first-order valence-corrected chi connectivity index (χ1v) is 11.8. The van der Waals surface area contributed by atoms with Crippen LogP contribution in [0.3, 0.4) is 0 Å². The second kappa shape index (κ2) is 9.32. The van der Waals surface area contributed by atoms with Crippen molar-refractivity contribution in [3.63, 3.8) is 0 Å². The number of nitrogens with two attached hydrogens (primary N) is 2. The third kappa shape index (κ3) is 4.28. The van der Waals surface area contributed by atoms with Crippen molar-refractivity contribution in [1.29, 1.82) is 0 Å². The summed E-state index contributed by atoms with van der Waals surface area (Å²) in [6.07, 6.45) is 4.81. The lowest BCUT2D eigenvalue weighted by Crippen LogP contribution is -2.13. The van der Waals surface area contributed by atoms with Gasteiger partial charge >= 0.3 is 0 Å². The van der Waals surface area contributed by atoms with E-state index in [-0.39, 0.29) is 17.5 Å². The molecule has 0 atom stereocenters. The van der Waals surface area contributed by atoms with Gasteiger partial charge < -0.3 is 21.2 Å². The molecule has 0 fully saturated rings. The molecule has 190 valence electrons. The summed E-state index contributed by atoms with van der Waals surface area (Å²) in [5.74, 6) is 0.379. The van der Waals surface area contributed by atoms with Crippen molar-refractivity contribution >= 4 is 39.9 Å². The van der Waals surface area contributed by atoms with Crippen molar-refractivity contribution in [3.05, 3.63) is 84.0 Å². The summed E-state index contributed by atoms with van der Waals surface area (Å²) in [5.41, 5.74) is 15.2. The van der Waals surface area contributed by atoms with Gasteiger partial charge in [-0.25, -0.2) is 14.1 Å². The molecule has 6 rings (SSSR count). The van der Waals surface area contributed by atoms with Crippen LogP contribution in [-0.4, -0.2) is 35.3 Å². The number of halogens is 1. The Bertz CT molecular complexity index is 1770. The minimum Gasteiger partial charge on any atom is -0.461 e. The van der Waals surface area contributed by atoms with Crippen LogP contribution in [0.25, 0.3) is 28.3 Å². The van der Waals surface area contributed by atoms with Crippen molar-refractivity contribution in [1.82, 2.24) is 29.4 Å². The maximum absolute atomic E-state index is 13.2. The molecule has 38 heavy (non-hydrogen) atoms. The highest BCUT2D eigenvalue weighted by Crippen LogP contribution is 2.24. The van der Waals surface area contributed by atoms with Crippen molar-refractivity contribution in [2.75, 3.05) is 16.8 Å². The SMILES string of the molecule is Nc1cc(F)ccc1NC(=O)c1ccc(CCCn2ncc3c2nc(N)n2nc(-c4ccco4)nc32)cc1. The molecular formula is C26H22FN9O2. The fourth-order valence-electron chi connectivity index (χ4n) is 4.23. The number of rotatable bonds is 7. The highest BCUT2D eigenvalue weighted by Gasteiger charge is 2.17. The maximum atomic E-state index is 13.2. The zero-order valence-electron chi connectivity index (χ0n) is 20.0. The summed E-state index contributed by atoms with van der Waals surface area (Å²) in [7, 11) is 0. The van der Waals surface area contributed by atoms with Gasteiger partial charge in [-0.05, 0) is 60.9 Å². The van der Waals surface area contributed by atoms with E-state index in [2.05, 4.69) is 25.5 Å². The van der Waals surface area contributed by atoms with Crippen LogP contribution in [0.15, 0.2) is 71.5 Å². The number of nitrogens with zero attached hydrogens (tertiary/aromatic N) is 6. The van der Waals surface area contributed by atoms with Gasteiger partial charge in [-0.15, -0.1) is 5.10 Å². The Morgan fingerprint density at radius 1 is 1.05 bits per heavy atom. The van der Waals surface area contributed by atoms with Gasteiger partial charge in [0.2, 0.25) is 11.8 Å². The molecule has 0 bridgehead atoms. The summed E-state index contributed by atoms with van der Waals surface area (Å²) in [6.45, 7) is 0.609. The Hall–Kier alpha value is -5.26. The number of fused-ring (bicyclic) bond motifs is 3. The molecule has 2 aromatic carbocycles. The molecule has 1 amide bonds. The van der Waals surface area contributed by atoms with E-state index in [4.69, 9.17) is 15.9 Å². The van der Waals surface area contributed by atoms with Crippen LogP contribution < -0.4 is 16.8 Å². The predicted molar refractivity (Wildman–Crippen MR) is 140 cm³/mol. The summed E-state index contributed by atoms with van der Waals surface area (Å²) < 4.78 is 21.9. The number of hydrogen-bond donors (Lipinski definition) is 3. The van der Waals surface area contributed by atoms with Gasteiger partial charge in [0.25, 0.3) is 5.91 Å². The smallest absolute Gasteiger partial charge is 0.255 e. The number of anilines is 3. The molecule has 12 heteroatoms. The molecule has 11 nitrogen and oxygen atoms in total. The molecule has 0 aliphatic carbocycles. The second-order valence-electron chi connectivity index (χ2n) is 8.71. The van der Waals surface area contributed by atoms with Gasteiger partial charge in [0.15, 0.2) is 17.1 Å². The molecular weight excluding hydrogens is 489 g/mol. The van der Waals surface area contributed by atoms with Gasteiger partial charge in [-0.2, -0.15) is 14.6 Å². The molecule has 0 saturated carbocycles. The third-order valence-electron chi connectivity index (χ3n) is 6.15. The highest BCUT2D eigenvalue weighted by atomic mass is 19.1. The summed E-state index contributed by atoms with van der Waals surface area (Å²) in [6, 6.07) is 14.7. The molecule has 5 N–H and O–H groups in total. The topological polar surface area (TPSA) is 155 Å². The van der Waals surface area contributed by atoms with E-state index in [1.54, 1.807) is 41.4 Å². The Morgan fingerprint density at radius 2 is 1.89 bits per heavy atom. The fraction of sp³-hybridized carbons (Fsp3) is 0.115. The lowest BCUT2D eigenvalue weighted by atomic mass is 10.1. The normalized spacial score (nSPS) is 11.4. The second-order valence-corrected chi connectivity index (χ2v) is 8.71. The van der Waals surface area contributed by atoms with E-state index in [0.29, 0.717) is 40.7 Å². The Balaban J connectivity index is 1.12. The van der Waals surface area contributed by atoms with Crippen molar-refractivity contribution < 1.29 is 13.6 Å². The van der Waals surface area contributed by atoms with Crippen molar-refractivity contribution in [2.24, 2.45) is 0 Å². The zero-order valence-corrected chi connectivity index (χ0v) is 20.0. The van der Waals surface area contributed by atoms with Gasteiger partial charge in [0.05, 0.1) is 29.2 Å². The van der Waals surface area contributed by atoms with E-state index < -0.39 is 5.82 Å². The van der Waals surface area contributed by atoms with Gasteiger partial charge in [0.1, 0.15) is 5.82 Å². The van der Waals surface area contributed by atoms with E-state index >= 15 is 0 Å². The average molecular weight is 512 g/mol. The first-order chi connectivity index (χ1) is 18.5. The molecule has 0 saturated heterocycles. The van der Waals surface area contributed by atoms with E-state index in [9.17, 15) is 9.18 Å². The Morgan fingerprint density at radius 3 is 2.66 bits per heavy atom.